The van der Waals surface area contributed by atoms with Gasteiger partial charge in [-0.15, -0.1) is 0 Å². The number of aliphatic hydroxyl groups is 1. The van der Waals surface area contributed by atoms with Crippen molar-refractivity contribution in [1.29, 1.82) is 0 Å². The SMILES string of the molecule is COc1ccc2cc(/C=N/N=C3\CC[C@H]4[C@@]56CC[C@]7(C[C@@H](O)CC[C@]7(C)[C@H]5CC[C@]34C)OO6)ccc2c1. The molecule has 2 aromatic rings. The Hall–Kier alpha value is -2.28. The Kier molecular flexibility index (Phi) is 5.22. The van der Waals surface area contributed by atoms with Crippen molar-refractivity contribution in [2.24, 2.45) is 32.9 Å². The van der Waals surface area contributed by atoms with Gasteiger partial charge in [-0.3, -0.25) is 0 Å². The summed E-state index contributed by atoms with van der Waals surface area (Å²) in [6.07, 6.45) is 10.5. The lowest BCUT2D eigenvalue weighted by Gasteiger charge is -2.71. The van der Waals surface area contributed by atoms with E-state index in [0.29, 0.717) is 18.3 Å². The number of hydrogen-bond donors (Lipinski definition) is 1. The van der Waals surface area contributed by atoms with Gasteiger partial charge >= 0.3 is 0 Å². The first-order valence-corrected chi connectivity index (χ1v) is 14.1. The number of rotatable bonds is 3. The van der Waals surface area contributed by atoms with Gasteiger partial charge in [0, 0.05) is 28.9 Å². The molecule has 4 saturated carbocycles. The third kappa shape index (κ3) is 3.22. The van der Waals surface area contributed by atoms with E-state index in [-0.39, 0.29) is 28.1 Å². The summed E-state index contributed by atoms with van der Waals surface area (Å²) in [5, 5.41) is 22.2. The van der Waals surface area contributed by atoms with Crippen LogP contribution in [0.25, 0.3) is 10.8 Å². The van der Waals surface area contributed by atoms with Gasteiger partial charge in [0.2, 0.25) is 0 Å². The second-order valence-electron chi connectivity index (χ2n) is 12.8. The fourth-order valence-corrected chi connectivity index (χ4v) is 9.28. The van der Waals surface area contributed by atoms with Crippen molar-refractivity contribution in [2.45, 2.75) is 88.9 Å². The highest BCUT2D eigenvalue weighted by Gasteiger charge is 2.75. The molecular weight excluding hydrogens is 464 g/mol. The standard InChI is InChI=1S/C31H38N2O4/c1-28-12-11-26-29(2)13-10-23(34)18-30(29)14-15-31(26,37-36-30)25(28)8-9-27(28)33-32-19-20-4-5-22-17-24(35-3)7-6-21(22)16-20/h4-7,16-17,19,23,25-26,34H,8-15,18H2,1-3H3/b32-19+,33-27+/t23-,25+,26+,28-,29+,30+,31-/m0/s1. The van der Waals surface area contributed by atoms with E-state index in [2.05, 4.69) is 43.2 Å². The summed E-state index contributed by atoms with van der Waals surface area (Å²) in [6.45, 7) is 4.82. The predicted octanol–water partition coefficient (Wildman–Crippen LogP) is 6.23. The van der Waals surface area contributed by atoms with Crippen molar-refractivity contribution in [2.75, 3.05) is 7.11 Å². The summed E-state index contributed by atoms with van der Waals surface area (Å²) >= 11 is 0. The van der Waals surface area contributed by atoms with Crippen LogP contribution in [0.15, 0.2) is 46.6 Å². The largest absolute Gasteiger partial charge is 0.497 e. The summed E-state index contributed by atoms with van der Waals surface area (Å²) < 4.78 is 5.34. The predicted molar refractivity (Wildman–Crippen MR) is 144 cm³/mol. The van der Waals surface area contributed by atoms with E-state index < -0.39 is 0 Å². The van der Waals surface area contributed by atoms with Crippen molar-refractivity contribution >= 4 is 22.7 Å². The third-order valence-electron chi connectivity index (χ3n) is 11.3. The van der Waals surface area contributed by atoms with Crippen LogP contribution in [0.4, 0.5) is 0 Å². The first-order chi connectivity index (χ1) is 17.8. The van der Waals surface area contributed by atoms with Crippen molar-refractivity contribution < 1.29 is 19.6 Å². The summed E-state index contributed by atoms with van der Waals surface area (Å²) in [6, 6.07) is 12.4. The zero-order chi connectivity index (χ0) is 25.5. The van der Waals surface area contributed by atoms with Gasteiger partial charge in [0.15, 0.2) is 0 Å². The fourth-order valence-electron chi connectivity index (χ4n) is 9.28. The molecule has 2 spiro atoms. The van der Waals surface area contributed by atoms with Crippen LogP contribution in [0.3, 0.4) is 0 Å². The number of aliphatic hydroxyl groups excluding tert-OH is 1. The van der Waals surface area contributed by atoms with Gasteiger partial charge in [-0.25, -0.2) is 9.78 Å². The smallest absolute Gasteiger partial charge is 0.119 e. The molecule has 2 bridgehead atoms. The molecular formula is C31H38N2O4. The number of ether oxygens (including phenoxy) is 1. The molecule has 7 atom stereocenters. The Morgan fingerprint density at radius 1 is 0.946 bits per heavy atom. The fraction of sp³-hybridized carbons (Fsp3) is 0.613. The molecule has 2 aliphatic heterocycles. The molecule has 6 nitrogen and oxygen atoms in total. The summed E-state index contributed by atoms with van der Waals surface area (Å²) in [5.74, 6) is 1.74. The first kappa shape index (κ1) is 23.8. The van der Waals surface area contributed by atoms with Gasteiger partial charge in [-0.05, 0) is 91.8 Å². The number of hydrogen-bond acceptors (Lipinski definition) is 6. The van der Waals surface area contributed by atoms with Crippen LogP contribution >= 0.6 is 0 Å². The molecule has 2 saturated heterocycles. The van der Waals surface area contributed by atoms with Crippen LogP contribution in [-0.4, -0.2) is 41.4 Å². The highest BCUT2D eigenvalue weighted by molar-refractivity contribution is 5.94. The Labute approximate surface area is 219 Å². The van der Waals surface area contributed by atoms with Crippen LogP contribution in [0.2, 0.25) is 0 Å². The van der Waals surface area contributed by atoms with Gasteiger partial charge < -0.3 is 9.84 Å². The zero-order valence-corrected chi connectivity index (χ0v) is 22.2. The average Bonchev–Trinajstić information content (AvgIpc) is 3.25. The Bertz CT molecular complexity index is 1300. The zero-order valence-electron chi connectivity index (χ0n) is 22.2. The molecule has 0 aromatic heterocycles. The maximum Gasteiger partial charge on any atom is 0.119 e. The second kappa shape index (κ2) is 8.11. The van der Waals surface area contributed by atoms with E-state index in [4.69, 9.17) is 19.6 Å². The Balaban J connectivity index is 1.15. The van der Waals surface area contributed by atoms with E-state index >= 15 is 0 Å². The molecule has 6 heteroatoms. The lowest BCUT2D eigenvalue weighted by molar-refractivity contribution is -0.535. The number of fused-ring (bicyclic) bond motifs is 4. The summed E-state index contributed by atoms with van der Waals surface area (Å²) in [4.78, 5) is 12.8. The quantitative estimate of drug-likeness (QED) is 0.307. The molecule has 37 heavy (non-hydrogen) atoms. The maximum atomic E-state index is 10.5. The van der Waals surface area contributed by atoms with Crippen molar-refractivity contribution in [1.82, 2.24) is 0 Å². The minimum absolute atomic E-state index is 0.0149. The Morgan fingerprint density at radius 3 is 2.59 bits per heavy atom. The monoisotopic (exact) mass is 502 g/mol. The molecule has 1 N–H and O–H groups in total. The van der Waals surface area contributed by atoms with E-state index in [9.17, 15) is 5.11 Å². The van der Waals surface area contributed by atoms with Gasteiger partial charge in [-0.1, -0.05) is 32.0 Å². The Morgan fingerprint density at radius 2 is 1.78 bits per heavy atom. The van der Waals surface area contributed by atoms with Gasteiger partial charge in [-0.2, -0.15) is 10.2 Å². The normalized spacial score (nSPS) is 43.7. The molecule has 0 radical (unpaired) electrons. The van der Waals surface area contributed by atoms with Crippen LogP contribution in [0, 0.1) is 22.7 Å². The topological polar surface area (TPSA) is 72.6 Å². The highest BCUT2D eigenvalue weighted by atomic mass is 17.2. The highest BCUT2D eigenvalue weighted by Crippen LogP contribution is 2.73. The summed E-state index contributed by atoms with van der Waals surface area (Å²) in [5.41, 5.74) is 1.75. The maximum absolute atomic E-state index is 10.5. The van der Waals surface area contributed by atoms with Crippen LogP contribution in [0.1, 0.15) is 77.2 Å². The summed E-state index contributed by atoms with van der Waals surface area (Å²) in [7, 11) is 1.69. The minimum Gasteiger partial charge on any atom is -0.497 e. The lowest BCUT2D eigenvalue weighted by atomic mass is 9.41. The van der Waals surface area contributed by atoms with Gasteiger partial charge in [0.1, 0.15) is 17.0 Å². The molecule has 2 heterocycles. The first-order valence-electron chi connectivity index (χ1n) is 14.1. The van der Waals surface area contributed by atoms with E-state index in [1.54, 1.807) is 7.11 Å². The van der Waals surface area contributed by atoms with Crippen LogP contribution in [-0.2, 0) is 9.78 Å². The lowest BCUT2D eigenvalue weighted by Crippen LogP contribution is -2.75. The number of nitrogens with zero attached hydrogens (tertiary/aromatic N) is 2. The third-order valence-corrected chi connectivity index (χ3v) is 11.3. The second-order valence-corrected chi connectivity index (χ2v) is 12.8. The average molecular weight is 503 g/mol. The van der Waals surface area contributed by atoms with Crippen LogP contribution in [0.5, 0.6) is 5.75 Å². The molecule has 196 valence electrons. The van der Waals surface area contributed by atoms with E-state index in [0.717, 1.165) is 73.5 Å². The van der Waals surface area contributed by atoms with Gasteiger partial charge in [0.25, 0.3) is 0 Å². The molecule has 6 fully saturated rings. The van der Waals surface area contributed by atoms with Crippen molar-refractivity contribution in [3.8, 4) is 5.75 Å². The van der Waals surface area contributed by atoms with Crippen LogP contribution < -0.4 is 4.74 Å². The minimum atomic E-state index is -0.324. The van der Waals surface area contributed by atoms with Crippen molar-refractivity contribution in [3.05, 3.63) is 42.0 Å². The van der Waals surface area contributed by atoms with E-state index in [1.807, 2.05) is 18.3 Å². The number of methoxy groups -OCH3 is 1. The molecule has 4 aliphatic carbocycles. The molecule has 0 amide bonds. The molecule has 2 aromatic carbocycles. The number of benzene rings is 2. The molecule has 0 unspecified atom stereocenters. The van der Waals surface area contributed by atoms with Gasteiger partial charge in [0.05, 0.1) is 19.4 Å². The molecule has 6 aliphatic rings. The van der Waals surface area contributed by atoms with Crippen molar-refractivity contribution in [3.63, 3.8) is 0 Å². The molecule has 8 rings (SSSR count). The van der Waals surface area contributed by atoms with E-state index in [1.165, 1.54) is 5.71 Å².